The van der Waals surface area contributed by atoms with Crippen LogP contribution in [0.3, 0.4) is 0 Å². The van der Waals surface area contributed by atoms with E-state index in [0.717, 1.165) is 5.56 Å². The lowest BCUT2D eigenvalue weighted by Crippen LogP contribution is -2.16. The lowest BCUT2D eigenvalue weighted by Gasteiger charge is -2.19. The maximum Gasteiger partial charge on any atom is 0.142 e. The van der Waals surface area contributed by atoms with E-state index < -0.39 is 6.04 Å². The molecule has 1 unspecified atom stereocenters. The fraction of sp³-hybridized carbons (Fsp3) is 0.250. The van der Waals surface area contributed by atoms with Crippen LogP contribution in [-0.2, 0) is 0 Å². The number of hydrogen-bond donors (Lipinski definition) is 1. The Morgan fingerprint density at radius 1 is 1.05 bits per heavy atom. The van der Waals surface area contributed by atoms with Crippen LogP contribution >= 0.6 is 15.9 Å². The first-order valence-electron chi connectivity index (χ1n) is 6.45. The first kappa shape index (κ1) is 15.0. The third-order valence-corrected chi connectivity index (χ3v) is 3.55. The zero-order chi connectivity index (χ0) is 14.7. The SMILES string of the molecule is CC(C)Oc1ccccc1C(N)c1cccc(Br)c1F. The topological polar surface area (TPSA) is 35.2 Å². The van der Waals surface area contributed by atoms with Crippen LogP contribution < -0.4 is 10.5 Å². The summed E-state index contributed by atoms with van der Waals surface area (Å²) in [5.74, 6) is 0.355. The van der Waals surface area contributed by atoms with Gasteiger partial charge in [0, 0.05) is 11.1 Å². The van der Waals surface area contributed by atoms with Crippen molar-refractivity contribution in [1.29, 1.82) is 0 Å². The van der Waals surface area contributed by atoms with E-state index in [9.17, 15) is 4.39 Å². The Labute approximate surface area is 126 Å². The molecule has 20 heavy (non-hydrogen) atoms. The van der Waals surface area contributed by atoms with Crippen molar-refractivity contribution < 1.29 is 9.13 Å². The minimum atomic E-state index is -0.567. The monoisotopic (exact) mass is 337 g/mol. The van der Waals surface area contributed by atoms with Crippen molar-refractivity contribution in [2.75, 3.05) is 0 Å². The van der Waals surface area contributed by atoms with E-state index in [1.54, 1.807) is 18.2 Å². The van der Waals surface area contributed by atoms with Gasteiger partial charge in [-0.3, -0.25) is 0 Å². The Kier molecular flexibility index (Phi) is 4.78. The third-order valence-electron chi connectivity index (χ3n) is 2.93. The zero-order valence-electron chi connectivity index (χ0n) is 11.4. The summed E-state index contributed by atoms with van der Waals surface area (Å²) in [6.45, 7) is 3.89. The summed E-state index contributed by atoms with van der Waals surface area (Å²) in [6.07, 6.45) is 0.0377. The second-order valence-corrected chi connectivity index (χ2v) is 5.68. The molecule has 0 aliphatic heterocycles. The third kappa shape index (κ3) is 3.19. The molecule has 0 heterocycles. The Balaban J connectivity index is 2.43. The van der Waals surface area contributed by atoms with Crippen molar-refractivity contribution in [2.45, 2.75) is 26.0 Å². The molecule has 0 saturated heterocycles. The first-order chi connectivity index (χ1) is 9.50. The molecule has 106 valence electrons. The van der Waals surface area contributed by atoms with Gasteiger partial charge in [-0.05, 0) is 41.9 Å². The molecular formula is C16H17BrFNO. The highest BCUT2D eigenvalue weighted by Gasteiger charge is 2.19. The molecule has 0 spiro atoms. The Morgan fingerprint density at radius 3 is 2.40 bits per heavy atom. The van der Waals surface area contributed by atoms with Gasteiger partial charge in [-0.1, -0.05) is 30.3 Å². The summed E-state index contributed by atoms with van der Waals surface area (Å²) in [5, 5.41) is 0. The number of benzene rings is 2. The lowest BCUT2D eigenvalue weighted by molar-refractivity contribution is 0.239. The van der Waals surface area contributed by atoms with E-state index in [1.165, 1.54) is 0 Å². The van der Waals surface area contributed by atoms with Gasteiger partial charge in [0.2, 0.25) is 0 Å². The van der Waals surface area contributed by atoms with Crippen LogP contribution in [0.5, 0.6) is 5.75 Å². The van der Waals surface area contributed by atoms with Gasteiger partial charge in [-0.15, -0.1) is 0 Å². The van der Waals surface area contributed by atoms with Crippen molar-refractivity contribution in [2.24, 2.45) is 5.73 Å². The predicted octanol–water partition coefficient (Wildman–Crippen LogP) is 4.42. The molecule has 4 heteroatoms. The van der Waals surface area contributed by atoms with Gasteiger partial charge in [-0.2, -0.15) is 0 Å². The van der Waals surface area contributed by atoms with Crippen molar-refractivity contribution in [3.63, 3.8) is 0 Å². The molecule has 0 aromatic heterocycles. The Hall–Kier alpha value is -1.39. The molecule has 0 bridgehead atoms. The van der Waals surface area contributed by atoms with Gasteiger partial charge in [0.15, 0.2) is 0 Å². The Bertz CT molecular complexity index is 601. The molecule has 2 rings (SSSR count). The van der Waals surface area contributed by atoms with Gasteiger partial charge < -0.3 is 10.5 Å². The largest absolute Gasteiger partial charge is 0.491 e. The number of ether oxygens (including phenoxy) is 1. The van der Waals surface area contributed by atoms with Crippen LogP contribution in [0.25, 0.3) is 0 Å². The maximum atomic E-state index is 14.2. The average Bonchev–Trinajstić information content (AvgIpc) is 2.41. The summed E-state index contributed by atoms with van der Waals surface area (Å²) in [6, 6.07) is 12.0. The van der Waals surface area contributed by atoms with Gasteiger partial charge in [-0.25, -0.2) is 4.39 Å². The lowest BCUT2D eigenvalue weighted by atomic mass is 9.98. The predicted molar refractivity (Wildman–Crippen MR) is 82.3 cm³/mol. The second-order valence-electron chi connectivity index (χ2n) is 4.83. The number of nitrogens with two attached hydrogens (primary N) is 1. The number of para-hydroxylation sites is 1. The van der Waals surface area contributed by atoms with Crippen LogP contribution in [0.4, 0.5) is 4.39 Å². The minimum absolute atomic E-state index is 0.0377. The molecule has 0 radical (unpaired) electrons. The van der Waals surface area contributed by atoms with Crippen molar-refractivity contribution in [1.82, 2.24) is 0 Å². The van der Waals surface area contributed by atoms with Crippen LogP contribution in [0.15, 0.2) is 46.9 Å². The van der Waals surface area contributed by atoms with E-state index in [-0.39, 0.29) is 11.9 Å². The molecule has 0 amide bonds. The minimum Gasteiger partial charge on any atom is -0.491 e. The molecule has 0 aliphatic carbocycles. The highest BCUT2D eigenvalue weighted by atomic mass is 79.9. The fourth-order valence-corrected chi connectivity index (χ4v) is 2.41. The number of hydrogen-bond acceptors (Lipinski definition) is 2. The summed E-state index contributed by atoms with van der Waals surface area (Å²) in [7, 11) is 0. The summed E-state index contributed by atoms with van der Waals surface area (Å²) in [5.41, 5.74) is 7.44. The van der Waals surface area contributed by atoms with Gasteiger partial charge in [0.05, 0.1) is 16.6 Å². The molecule has 2 aromatic rings. The molecule has 2 nitrogen and oxygen atoms in total. The fourth-order valence-electron chi connectivity index (χ4n) is 2.03. The first-order valence-corrected chi connectivity index (χ1v) is 7.25. The molecule has 0 saturated carbocycles. The van der Waals surface area contributed by atoms with E-state index in [4.69, 9.17) is 10.5 Å². The highest BCUT2D eigenvalue weighted by Crippen LogP contribution is 2.32. The molecule has 1 atom stereocenters. The summed E-state index contributed by atoms with van der Waals surface area (Å²) in [4.78, 5) is 0. The Morgan fingerprint density at radius 2 is 1.70 bits per heavy atom. The van der Waals surface area contributed by atoms with Crippen LogP contribution in [0.1, 0.15) is 31.0 Å². The molecular weight excluding hydrogens is 321 g/mol. The van der Waals surface area contributed by atoms with E-state index in [0.29, 0.717) is 15.8 Å². The molecule has 2 N–H and O–H groups in total. The quantitative estimate of drug-likeness (QED) is 0.895. The van der Waals surface area contributed by atoms with Crippen LogP contribution in [-0.4, -0.2) is 6.10 Å². The molecule has 0 fully saturated rings. The summed E-state index contributed by atoms with van der Waals surface area (Å²) < 4.78 is 20.3. The van der Waals surface area contributed by atoms with Crippen molar-refractivity contribution >= 4 is 15.9 Å². The second kappa shape index (κ2) is 6.37. The smallest absolute Gasteiger partial charge is 0.142 e. The normalized spacial score (nSPS) is 12.5. The van der Waals surface area contributed by atoms with Crippen molar-refractivity contribution in [3.05, 3.63) is 63.9 Å². The van der Waals surface area contributed by atoms with Crippen LogP contribution in [0, 0.1) is 5.82 Å². The highest BCUT2D eigenvalue weighted by molar-refractivity contribution is 9.10. The van der Waals surface area contributed by atoms with E-state index in [1.807, 2.05) is 38.1 Å². The average molecular weight is 338 g/mol. The van der Waals surface area contributed by atoms with Crippen LogP contribution in [0.2, 0.25) is 0 Å². The summed E-state index contributed by atoms with van der Waals surface area (Å²) >= 11 is 3.18. The van der Waals surface area contributed by atoms with E-state index >= 15 is 0 Å². The van der Waals surface area contributed by atoms with E-state index in [2.05, 4.69) is 15.9 Å². The number of rotatable bonds is 4. The maximum absolute atomic E-state index is 14.2. The van der Waals surface area contributed by atoms with Gasteiger partial charge >= 0.3 is 0 Å². The van der Waals surface area contributed by atoms with Gasteiger partial charge in [0.1, 0.15) is 11.6 Å². The standard InChI is InChI=1S/C16H17BrFNO/c1-10(2)20-14-9-4-3-6-11(14)16(19)12-7-5-8-13(17)15(12)18/h3-10,16H,19H2,1-2H3. The zero-order valence-corrected chi connectivity index (χ0v) is 13.0. The van der Waals surface area contributed by atoms with Gasteiger partial charge in [0.25, 0.3) is 0 Å². The van der Waals surface area contributed by atoms with Crippen molar-refractivity contribution in [3.8, 4) is 5.75 Å². The number of halogens is 2. The molecule has 0 aliphatic rings. The molecule has 2 aromatic carbocycles.